The Hall–Kier alpha value is -2.03. The van der Waals surface area contributed by atoms with Crippen LogP contribution in [0.1, 0.15) is 66.4 Å². The van der Waals surface area contributed by atoms with Gasteiger partial charge in [0.1, 0.15) is 0 Å². The highest BCUT2D eigenvalue weighted by Crippen LogP contribution is 2.39. The van der Waals surface area contributed by atoms with E-state index in [2.05, 4.69) is 16.0 Å². The van der Waals surface area contributed by atoms with E-state index in [1.54, 1.807) is 22.1 Å². The number of aryl methyl sites for hydroxylation is 3. The Labute approximate surface area is 197 Å². The van der Waals surface area contributed by atoms with Crippen molar-refractivity contribution >= 4 is 15.8 Å². The summed E-state index contributed by atoms with van der Waals surface area (Å²) in [6.45, 7) is 6.38. The second kappa shape index (κ2) is 9.68. The molecule has 1 saturated heterocycles. The first-order valence-corrected chi connectivity index (χ1v) is 13.5. The van der Waals surface area contributed by atoms with Gasteiger partial charge in [-0.3, -0.25) is 9.69 Å². The van der Waals surface area contributed by atoms with Crippen LogP contribution in [-0.4, -0.2) is 64.7 Å². The molecule has 1 aliphatic carbocycles. The highest BCUT2D eigenvalue weighted by atomic mass is 32.2. The fraction of sp³-hybridized carbons (Fsp3) is 0.600. The lowest BCUT2D eigenvalue weighted by Gasteiger charge is -2.49. The number of Topliss-reactive ketones (excluding diaryl/α,β-unsaturated/α-hetero) is 1. The van der Waals surface area contributed by atoms with Gasteiger partial charge in [0.2, 0.25) is 0 Å². The molecule has 1 saturated carbocycles. The topological polar surface area (TPSA) is 75.5 Å². The predicted molar refractivity (Wildman–Crippen MR) is 129 cm³/mol. The molecule has 2 heterocycles. The maximum atomic E-state index is 13.1. The van der Waals surface area contributed by atoms with E-state index >= 15 is 0 Å². The standard InChI is InChI=1S/C25H36N4O3S/c1-20-7-8-22(21(2)17-20)23(30)9-12-25(10-5-4-6-11-25)28-13-15-29(16-14-28)33(31,32)24-18-27(3)19-26-24/h7-8,17-19H,4-6,9-16H2,1-3H3. The second-order valence-corrected chi connectivity index (χ2v) is 11.7. The molecule has 7 nitrogen and oxygen atoms in total. The third-order valence-electron chi connectivity index (χ3n) is 7.48. The van der Waals surface area contributed by atoms with Gasteiger partial charge in [-0.15, -0.1) is 0 Å². The zero-order chi connectivity index (χ0) is 23.6. The summed E-state index contributed by atoms with van der Waals surface area (Å²) in [4.78, 5) is 19.6. The van der Waals surface area contributed by atoms with E-state index in [-0.39, 0.29) is 16.3 Å². The number of sulfonamides is 1. The highest BCUT2D eigenvalue weighted by molar-refractivity contribution is 7.89. The van der Waals surface area contributed by atoms with Crippen LogP contribution in [0.3, 0.4) is 0 Å². The van der Waals surface area contributed by atoms with Crippen molar-refractivity contribution in [2.75, 3.05) is 26.2 Å². The van der Waals surface area contributed by atoms with Crippen molar-refractivity contribution < 1.29 is 13.2 Å². The predicted octanol–water partition coefficient (Wildman–Crippen LogP) is 3.71. The number of imidazole rings is 1. The molecule has 0 radical (unpaired) electrons. The molecule has 180 valence electrons. The largest absolute Gasteiger partial charge is 0.339 e. The molecule has 1 aromatic carbocycles. The summed E-state index contributed by atoms with van der Waals surface area (Å²) in [5, 5.41) is 0.116. The molecule has 2 aromatic rings. The molecule has 0 amide bonds. The average molecular weight is 473 g/mol. The minimum atomic E-state index is -3.56. The van der Waals surface area contributed by atoms with E-state index in [0.717, 1.165) is 30.4 Å². The number of carbonyl (C=O) groups is 1. The Balaban J connectivity index is 1.44. The molecular formula is C25H36N4O3S. The number of aromatic nitrogens is 2. The molecule has 4 rings (SSSR count). The number of benzene rings is 1. The summed E-state index contributed by atoms with van der Waals surface area (Å²) < 4.78 is 29.2. The Bertz CT molecular complexity index is 1090. The zero-order valence-corrected chi connectivity index (χ0v) is 20.9. The van der Waals surface area contributed by atoms with Crippen LogP contribution in [-0.2, 0) is 17.1 Å². The summed E-state index contributed by atoms with van der Waals surface area (Å²) >= 11 is 0. The fourth-order valence-electron chi connectivity index (χ4n) is 5.60. The van der Waals surface area contributed by atoms with Gasteiger partial charge < -0.3 is 4.57 Å². The molecule has 33 heavy (non-hydrogen) atoms. The summed E-state index contributed by atoms with van der Waals surface area (Å²) in [7, 11) is -1.79. The molecule has 1 aromatic heterocycles. The van der Waals surface area contributed by atoms with Gasteiger partial charge in [-0.25, -0.2) is 13.4 Å². The number of hydrogen-bond donors (Lipinski definition) is 0. The lowest BCUT2D eigenvalue weighted by Crippen LogP contribution is -2.58. The quantitative estimate of drug-likeness (QED) is 0.574. The Morgan fingerprint density at radius 3 is 2.36 bits per heavy atom. The van der Waals surface area contributed by atoms with Crippen molar-refractivity contribution in [3.63, 3.8) is 0 Å². The zero-order valence-electron chi connectivity index (χ0n) is 20.1. The molecule has 0 unspecified atom stereocenters. The molecule has 2 aliphatic rings. The van der Waals surface area contributed by atoms with Crippen LogP contribution >= 0.6 is 0 Å². The van der Waals surface area contributed by atoms with Crippen LogP contribution in [0.4, 0.5) is 0 Å². The van der Waals surface area contributed by atoms with Gasteiger partial charge in [0.05, 0.1) is 6.33 Å². The summed E-state index contributed by atoms with van der Waals surface area (Å²) in [6.07, 6.45) is 10.2. The van der Waals surface area contributed by atoms with E-state index in [9.17, 15) is 13.2 Å². The lowest BCUT2D eigenvalue weighted by molar-refractivity contribution is 0.0165. The van der Waals surface area contributed by atoms with Crippen LogP contribution in [0.5, 0.6) is 0 Å². The number of nitrogens with zero attached hydrogens (tertiary/aromatic N) is 4. The first-order chi connectivity index (χ1) is 15.7. The molecular weight excluding hydrogens is 436 g/mol. The maximum Gasteiger partial charge on any atom is 0.262 e. The van der Waals surface area contributed by atoms with Crippen LogP contribution in [0.15, 0.2) is 35.7 Å². The fourth-order valence-corrected chi connectivity index (χ4v) is 6.99. The SMILES string of the molecule is Cc1ccc(C(=O)CCC2(N3CCN(S(=O)(=O)c4cn(C)cn4)CC3)CCCCC2)c(C)c1. The molecule has 0 atom stereocenters. The van der Waals surface area contributed by atoms with E-state index in [1.807, 2.05) is 26.0 Å². The van der Waals surface area contributed by atoms with Gasteiger partial charge in [0, 0.05) is 56.9 Å². The van der Waals surface area contributed by atoms with Crippen LogP contribution in [0.25, 0.3) is 0 Å². The van der Waals surface area contributed by atoms with Crippen molar-refractivity contribution in [3.8, 4) is 0 Å². The number of ketones is 1. The van der Waals surface area contributed by atoms with Gasteiger partial charge in [0.25, 0.3) is 10.0 Å². The van der Waals surface area contributed by atoms with Crippen molar-refractivity contribution in [1.82, 2.24) is 18.8 Å². The maximum absolute atomic E-state index is 13.1. The van der Waals surface area contributed by atoms with Gasteiger partial charge >= 0.3 is 0 Å². The first-order valence-electron chi connectivity index (χ1n) is 12.0. The van der Waals surface area contributed by atoms with E-state index in [4.69, 9.17) is 0 Å². The molecule has 0 spiro atoms. The number of carbonyl (C=O) groups excluding carboxylic acids is 1. The van der Waals surface area contributed by atoms with Crippen molar-refractivity contribution in [2.24, 2.45) is 7.05 Å². The molecule has 2 fully saturated rings. The van der Waals surface area contributed by atoms with Crippen LogP contribution < -0.4 is 0 Å². The second-order valence-electron chi connectivity index (χ2n) is 9.80. The van der Waals surface area contributed by atoms with Crippen LogP contribution in [0, 0.1) is 13.8 Å². The highest BCUT2D eigenvalue weighted by Gasteiger charge is 2.41. The summed E-state index contributed by atoms with van der Waals surface area (Å²) in [6, 6.07) is 6.05. The Morgan fingerprint density at radius 2 is 1.76 bits per heavy atom. The molecule has 0 N–H and O–H groups in total. The third-order valence-corrected chi connectivity index (χ3v) is 9.26. The Kier molecular flexibility index (Phi) is 7.07. The number of rotatable bonds is 7. The third kappa shape index (κ3) is 5.08. The van der Waals surface area contributed by atoms with Gasteiger partial charge in [-0.2, -0.15) is 4.31 Å². The monoisotopic (exact) mass is 472 g/mol. The Morgan fingerprint density at radius 1 is 1.06 bits per heavy atom. The molecule has 1 aliphatic heterocycles. The molecule has 8 heteroatoms. The van der Waals surface area contributed by atoms with Crippen molar-refractivity contribution in [2.45, 2.75) is 69.4 Å². The van der Waals surface area contributed by atoms with Gasteiger partial charge in [0.15, 0.2) is 10.8 Å². The van der Waals surface area contributed by atoms with Crippen molar-refractivity contribution in [1.29, 1.82) is 0 Å². The number of hydrogen-bond acceptors (Lipinski definition) is 5. The van der Waals surface area contributed by atoms with E-state index in [0.29, 0.717) is 32.6 Å². The van der Waals surface area contributed by atoms with Crippen molar-refractivity contribution in [3.05, 3.63) is 47.4 Å². The van der Waals surface area contributed by atoms with Gasteiger partial charge in [-0.1, -0.05) is 43.0 Å². The van der Waals surface area contributed by atoms with E-state index in [1.165, 1.54) is 31.2 Å². The normalized spacial score (nSPS) is 20.1. The minimum Gasteiger partial charge on any atom is -0.339 e. The smallest absolute Gasteiger partial charge is 0.262 e. The lowest BCUT2D eigenvalue weighted by atomic mass is 9.76. The average Bonchev–Trinajstić information content (AvgIpc) is 3.25. The summed E-state index contributed by atoms with van der Waals surface area (Å²) in [5.74, 6) is 0.216. The van der Waals surface area contributed by atoms with Crippen LogP contribution in [0.2, 0.25) is 0 Å². The summed E-state index contributed by atoms with van der Waals surface area (Å²) in [5.41, 5.74) is 3.04. The van der Waals surface area contributed by atoms with Gasteiger partial charge in [-0.05, 0) is 38.7 Å². The minimum absolute atomic E-state index is 0.00659. The molecule has 0 bridgehead atoms. The van der Waals surface area contributed by atoms with E-state index < -0.39 is 10.0 Å². The number of piperazine rings is 1. The first kappa shape index (κ1) is 24.1.